The Morgan fingerprint density at radius 1 is 1.10 bits per heavy atom. The fourth-order valence-corrected chi connectivity index (χ4v) is 3.96. The maximum absolute atomic E-state index is 13.2. The molecule has 0 saturated heterocycles. The molecule has 0 unspecified atom stereocenters. The second-order valence-electron chi connectivity index (χ2n) is 7.85. The van der Waals surface area contributed by atoms with Gasteiger partial charge >= 0.3 is 11.4 Å². The van der Waals surface area contributed by atoms with Gasteiger partial charge in [0, 0.05) is 29.9 Å². The fraction of sp³-hybridized carbons (Fsp3) is 0.250. The third kappa shape index (κ3) is 3.14. The average molecular weight is 403 g/mol. The second-order valence-corrected chi connectivity index (χ2v) is 7.85. The normalized spacial score (nSPS) is 11.4. The van der Waals surface area contributed by atoms with Crippen LogP contribution < -0.4 is 15.0 Å². The summed E-state index contributed by atoms with van der Waals surface area (Å²) in [7, 11) is 3.16. The summed E-state index contributed by atoms with van der Waals surface area (Å²) >= 11 is 0. The number of methoxy groups -OCH3 is 1. The van der Waals surface area contributed by atoms with Gasteiger partial charge in [0.25, 0.3) is 5.69 Å². The van der Waals surface area contributed by atoms with Crippen LogP contribution in [0.4, 0.5) is 0 Å². The number of ether oxygens (including phenoxy) is 1. The predicted molar refractivity (Wildman–Crippen MR) is 118 cm³/mol. The van der Waals surface area contributed by atoms with Crippen LogP contribution in [-0.2, 0) is 13.5 Å². The lowest BCUT2D eigenvalue weighted by molar-refractivity contribution is -0.622. The molecule has 0 aliphatic rings. The van der Waals surface area contributed by atoms with Gasteiger partial charge in [0.05, 0.1) is 12.8 Å². The third-order valence-electron chi connectivity index (χ3n) is 5.32. The van der Waals surface area contributed by atoms with Crippen LogP contribution in [0.15, 0.2) is 59.4 Å². The first-order valence-corrected chi connectivity index (χ1v) is 10.00. The summed E-state index contributed by atoms with van der Waals surface area (Å²) in [5.74, 6) is 0.288. The first kappa shape index (κ1) is 19.8. The molecule has 0 bridgehead atoms. The van der Waals surface area contributed by atoms with Crippen LogP contribution in [0.3, 0.4) is 0 Å². The molecule has 0 aliphatic heterocycles. The molecule has 4 rings (SSSR count). The lowest BCUT2D eigenvalue weighted by atomic mass is 10.0. The molecule has 1 N–H and O–H groups in total. The summed E-state index contributed by atoms with van der Waals surface area (Å²) < 4.78 is 7.77. The van der Waals surface area contributed by atoms with Crippen LogP contribution in [0.2, 0.25) is 0 Å². The Bertz CT molecular complexity index is 1270. The Labute approximate surface area is 175 Å². The van der Waals surface area contributed by atoms with Crippen molar-refractivity contribution in [1.29, 1.82) is 0 Å². The quantitative estimate of drug-likeness (QED) is 0.404. The smallest absolute Gasteiger partial charge is 0.404 e. The zero-order valence-electron chi connectivity index (χ0n) is 17.6. The second kappa shape index (κ2) is 7.71. The minimum Gasteiger partial charge on any atom is -0.616 e. The molecule has 6 heteroatoms. The highest BCUT2D eigenvalue weighted by Crippen LogP contribution is 2.40. The van der Waals surface area contributed by atoms with Crippen LogP contribution >= 0.6 is 0 Å². The maximum Gasteiger partial charge on any atom is 0.404 e. The van der Waals surface area contributed by atoms with Crippen molar-refractivity contribution in [2.75, 3.05) is 7.11 Å². The minimum atomic E-state index is -0.307. The van der Waals surface area contributed by atoms with Crippen molar-refractivity contribution in [3.8, 4) is 28.4 Å². The third-order valence-corrected chi connectivity index (χ3v) is 5.32. The number of para-hydroxylation sites is 1. The van der Waals surface area contributed by atoms with Crippen molar-refractivity contribution in [2.24, 2.45) is 13.0 Å². The van der Waals surface area contributed by atoms with E-state index in [4.69, 9.17) is 4.74 Å². The highest BCUT2D eigenvalue weighted by molar-refractivity contribution is 6.03. The SMILES string of the molecule is COc1c(-c2c(-c3ccccc3)[nH]c3ccccc23)n(C)c(=O)c(CC(C)C)[n+]1[O-]. The molecule has 0 fully saturated rings. The van der Waals surface area contributed by atoms with Crippen molar-refractivity contribution in [3.63, 3.8) is 0 Å². The molecule has 30 heavy (non-hydrogen) atoms. The van der Waals surface area contributed by atoms with Crippen molar-refractivity contribution in [2.45, 2.75) is 20.3 Å². The van der Waals surface area contributed by atoms with E-state index in [9.17, 15) is 10.0 Å². The number of aromatic amines is 1. The van der Waals surface area contributed by atoms with E-state index in [2.05, 4.69) is 4.98 Å². The van der Waals surface area contributed by atoms with Gasteiger partial charge in [-0.15, -0.1) is 4.73 Å². The number of fused-ring (bicyclic) bond motifs is 1. The highest BCUT2D eigenvalue weighted by atomic mass is 16.5. The zero-order chi connectivity index (χ0) is 21.4. The van der Waals surface area contributed by atoms with Gasteiger partial charge in [0.15, 0.2) is 5.69 Å². The van der Waals surface area contributed by atoms with E-state index in [0.29, 0.717) is 16.8 Å². The van der Waals surface area contributed by atoms with Gasteiger partial charge in [-0.3, -0.25) is 9.36 Å². The van der Waals surface area contributed by atoms with Crippen molar-refractivity contribution >= 4 is 10.9 Å². The van der Waals surface area contributed by atoms with Crippen LogP contribution in [0.1, 0.15) is 19.5 Å². The Morgan fingerprint density at radius 3 is 2.43 bits per heavy atom. The summed E-state index contributed by atoms with van der Waals surface area (Å²) in [5, 5.41) is 14.1. The van der Waals surface area contributed by atoms with Crippen LogP contribution in [0.5, 0.6) is 5.88 Å². The molecular weight excluding hydrogens is 378 g/mol. The number of rotatable bonds is 5. The van der Waals surface area contributed by atoms with Gasteiger partial charge in [-0.2, -0.15) is 0 Å². The molecule has 0 radical (unpaired) electrons. The standard InChI is InChI=1S/C24H25N3O3/c1-15(2)14-19-23(28)26(3)22(24(30-4)27(19)29)20-17-12-8-9-13-18(17)25-21(20)16-10-6-5-7-11-16/h5-13,15,25H,14H2,1-4H3. The molecule has 2 aromatic carbocycles. The van der Waals surface area contributed by atoms with Gasteiger partial charge in [-0.05, 0) is 17.5 Å². The fourth-order valence-electron chi connectivity index (χ4n) is 3.96. The van der Waals surface area contributed by atoms with Gasteiger partial charge in [0.1, 0.15) is 0 Å². The van der Waals surface area contributed by atoms with E-state index in [0.717, 1.165) is 27.7 Å². The van der Waals surface area contributed by atoms with E-state index < -0.39 is 0 Å². The molecule has 2 aromatic heterocycles. The largest absolute Gasteiger partial charge is 0.616 e. The molecular formula is C24H25N3O3. The van der Waals surface area contributed by atoms with Gasteiger partial charge in [-0.25, -0.2) is 0 Å². The van der Waals surface area contributed by atoms with E-state index >= 15 is 0 Å². The number of aromatic nitrogens is 3. The van der Waals surface area contributed by atoms with Gasteiger partial charge in [-0.1, -0.05) is 62.4 Å². The van der Waals surface area contributed by atoms with Crippen molar-refractivity contribution in [1.82, 2.24) is 9.55 Å². The molecule has 0 atom stereocenters. The Morgan fingerprint density at radius 2 is 1.77 bits per heavy atom. The minimum absolute atomic E-state index is 0.120. The van der Waals surface area contributed by atoms with Gasteiger partial charge in [0.2, 0.25) is 0 Å². The molecule has 0 amide bonds. The topological polar surface area (TPSA) is 74.0 Å². The van der Waals surface area contributed by atoms with Crippen LogP contribution in [-0.4, -0.2) is 16.7 Å². The predicted octanol–water partition coefficient (Wildman–Crippen LogP) is 4.04. The monoisotopic (exact) mass is 403 g/mol. The lowest BCUT2D eigenvalue weighted by Gasteiger charge is -2.16. The van der Waals surface area contributed by atoms with Gasteiger partial charge < -0.3 is 14.9 Å². The zero-order valence-corrected chi connectivity index (χ0v) is 17.6. The lowest BCUT2D eigenvalue weighted by Crippen LogP contribution is -2.45. The first-order valence-electron chi connectivity index (χ1n) is 10.00. The van der Waals surface area contributed by atoms with E-state index in [-0.39, 0.29) is 23.1 Å². The molecule has 6 nitrogen and oxygen atoms in total. The molecule has 2 heterocycles. The van der Waals surface area contributed by atoms with Crippen molar-refractivity contribution in [3.05, 3.63) is 75.9 Å². The number of nitrogens with zero attached hydrogens (tertiary/aromatic N) is 2. The summed E-state index contributed by atoms with van der Waals surface area (Å²) in [6.07, 6.45) is 0.381. The Hall–Kier alpha value is -3.54. The number of benzene rings is 2. The van der Waals surface area contributed by atoms with Crippen molar-refractivity contribution < 1.29 is 9.47 Å². The highest BCUT2D eigenvalue weighted by Gasteiger charge is 2.30. The molecule has 0 spiro atoms. The summed E-state index contributed by atoms with van der Waals surface area (Å²) in [5.41, 5.74) is 3.83. The molecule has 0 saturated carbocycles. The maximum atomic E-state index is 13.2. The summed E-state index contributed by atoms with van der Waals surface area (Å²) in [6.45, 7) is 3.96. The summed E-state index contributed by atoms with van der Waals surface area (Å²) in [4.78, 5) is 16.6. The number of hydrogen-bond donors (Lipinski definition) is 1. The average Bonchev–Trinajstić information content (AvgIpc) is 3.13. The van der Waals surface area contributed by atoms with E-state index in [1.807, 2.05) is 68.4 Å². The van der Waals surface area contributed by atoms with E-state index in [1.165, 1.54) is 11.7 Å². The molecule has 0 aliphatic carbocycles. The Balaban J connectivity index is 2.12. The summed E-state index contributed by atoms with van der Waals surface area (Å²) in [6, 6.07) is 17.7. The van der Waals surface area contributed by atoms with Crippen LogP contribution in [0, 0.1) is 11.1 Å². The number of hydrogen-bond acceptors (Lipinski definition) is 3. The number of H-pyrrole nitrogens is 1. The first-order chi connectivity index (χ1) is 14.4. The number of nitrogens with one attached hydrogen (secondary N) is 1. The Kier molecular flexibility index (Phi) is 5.08. The molecule has 4 aromatic rings. The molecule has 154 valence electrons. The van der Waals surface area contributed by atoms with Crippen LogP contribution in [0.25, 0.3) is 33.4 Å². The van der Waals surface area contributed by atoms with E-state index in [1.54, 1.807) is 7.05 Å².